The minimum atomic E-state index is -0.419. The first-order valence-corrected chi connectivity index (χ1v) is 8.20. The minimum Gasteiger partial charge on any atom is -0.384 e. The second-order valence-electron chi connectivity index (χ2n) is 5.57. The number of ether oxygens (including phenoxy) is 1. The van der Waals surface area contributed by atoms with Crippen LogP contribution in [-0.4, -0.2) is 32.7 Å². The molecule has 0 spiro atoms. The molecule has 1 aliphatic rings. The number of anilines is 1. The van der Waals surface area contributed by atoms with E-state index in [-0.39, 0.29) is 5.91 Å². The summed E-state index contributed by atoms with van der Waals surface area (Å²) in [5, 5.41) is 6.42. The van der Waals surface area contributed by atoms with Crippen molar-refractivity contribution in [2.24, 2.45) is 5.41 Å². The predicted octanol–water partition coefficient (Wildman–Crippen LogP) is 2.97. The Morgan fingerprint density at radius 3 is 2.76 bits per heavy atom. The van der Waals surface area contributed by atoms with Crippen LogP contribution >= 0.6 is 15.9 Å². The fourth-order valence-corrected chi connectivity index (χ4v) is 3.26. The van der Waals surface area contributed by atoms with E-state index in [1.807, 2.05) is 12.1 Å². The molecule has 21 heavy (non-hydrogen) atoms. The SMILES string of the molecule is CCc1cc(Br)ccc1NC(=O)C1(COC)CCNCC1. The summed E-state index contributed by atoms with van der Waals surface area (Å²) in [6.07, 6.45) is 2.50. The molecular weight excluding hydrogens is 332 g/mol. The summed E-state index contributed by atoms with van der Waals surface area (Å²) in [6.45, 7) is 4.28. The van der Waals surface area contributed by atoms with Crippen LogP contribution in [0.5, 0.6) is 0 Å². The van der Waals surface area contributed by atoms with E-state index in [2.05, 4.69) is 39.6 Å². The van der Waals surface area contributed by atoms with Crippen molar-refractivity contribution in [1.29, 1.82) is 0 Å². The highest BCUT2D eigenvalue weighted by Crippen LogP contribution is 2.32. The van der Waals surface area contributed by atoms with Crippen LogP contribution in [0.15, 0.2) is 22.7 Å². The number of halogens is 1. The fraction of sp³-hybridized carbons (Fsp3) is 0.562. The summed E-state index contributed by atoms with van der Waals surface area (Å²) in [5.74, 6) is 0.0721. The average molecular weight is 355 g/mol. The quantitative estimate of drug-likeness (QED) is 0.854. The highest BCUT2D eigenvalue weighted by Gasteiger charge is 2.39. The van der Waals surface area contributed by atoms with Crippen LogP contribution < -0.4 is 10.6 Å². The molecule has 2 N–H and O–H groups in total. The largest absolute Gasteiger partial charge is 0.384 e. The number of rotatable bonds is 5. The molecule has 0 aliphatic carbocycles. The van der Waals surface area contributed by atoms with Gasteiger partial charge in [-0.2, -0.15) is 0 Å². The Bertz CT molecular complexity index is 494. The Hall–Kier alpha value is -0.910. The highest BCUT2D eigenvalue weighted by atomic mass is 79.9. The Morgan fingerprint density at radius 1 is 1.43 bits per heavy atom. The number of nitrogens with one attached hydrogen (secondary N) is 2. The average Bonchev–Trinajstić information content (AvgIpc) is 2.50. The van der Waals surface area contributed by atoms with Gasteiger partial charge in [-0.15, -0.1) is 0 Å². The fourth-order valence-electron chi connectivity index (χ4n) is 2.85. The molecule has 5 heteroatoms. The molecule has 116 valence electrons. The molecule has 1 aromatic carbocycles. The van der Waals surface area contributed by atoms with E-state index in [0.29, 0.717) is 6.61 Å². The molecule has 0 aromatic heterocycles. The Balaban J connectivity index is 2.19. The van der Waals surface area contributed by atoms with Gasteiger partial charge in [-0.25, -0.2) is 0 Å². The molecule has 1 aliphatic heterocycles. The number of carbonyl (C=O) groups excluding carboxylic acids is 1. The number of benzene rings is 1. The van der Waals surface area contributed by atoms with Gasteiger partial charge in [0.25, 0.3) is 0 Å². The van der Waals surface area contributed by atoms with Gasteiger partial charge in [-0.05, 0) is 56.1 Å². The molecule has 2 rings (SSSR count). The van der Waals surface area contributed by atoms with Gasteiger partial charge in [0, 0.05) is 17.3 Å². The summed E-state index contributed by atoms with van der Waals surface area (Å²) < 4.78 is 6.36. The van der Waals surface area contributed by atoms with Crippen molar-refractivity contribution in [3.8, 4) is 0 Å². The lowest BCUT2D eigenvalue weighted by Gasteiger charge is -2.35. The minimum absolute atomic E-state index is 0.0721. The zero-order chi connectivity index (χ0) is 15.3. The lowest BCUT2D eigenvalue weighted by Crippen LogP contribution is -2.47. The predicted molar refractivity (Wildman–Crippen MR) is 88.6 cm³/mol. The maximum atomic E-state index is 12.8. The van der Waals surface area contributed by atoms with Gasteiger partial charge in [-0.1, -0.05) is 22.9 Å². The molecule has 0 saturated carbocycles. The van der Waals surface area contributed by atoms with Gasteiger partial charge in [-0.3, -0.25) is 4.79 Å². The van der Waals surface area contributed by atoms with Crippen LogP contribution in [0, 0.1) is 5.41 Å². The molecule has 0 atom stereocenters. The molecule has 1 fully saturated rings. The van der Waals surface area contributed by atoms with Crippen LogP contribution in [0.1, 0.15) is 25.3 Å². The molecular formula is C16H23BrN2O2. The summed E-state index contributed by atoms with van der Waals surface area (Å²) in [6, 6.07) is 5.98. The standard InChI is InChI=1S/C16H23BrN2O2/c1-3-12-10-13(17)4-5-14(12)19-15(20)16(11-21-2)6-8-18-9-7-16/h4-5,10,18H,3,6-9,11H2,1-2H3,(H,19,20). The van der Waals surface area contributed by atoms with Crippen molar-refractivity contribution in [3.63, 3.8) is 0 Å². The molecule has 0 bridgehead atoms. The van der Waals surface area contributed by atoms with Crippen molar-refractivity contribution in [1.82, 2.24) is 5.32 Å². The molecule has 1 aromatic rings. The van der Waals surface area contributed by atoms with Gasteiger partial charge < -0.3 is 15.4 Å². The van der Waals surface area contributed by atoms with E-state index in [9.17, 15) is 4.79 Å². The van der Waals surface area contributed by atoms with Crippen LogP contribution in [0.4, 0.5) is 5.69 Å². The number of piperidine rings is 1. The van der Waals surface area contributed by atoms with E-state index < -0.39 is 5.41 Å². The summed E-state index contributed by atoms with van der Waals surface area (Å²) >= 11 is 3.47. The van der Waals surface area contributed by atoms with Gasteiger partial charge in [0.1, 0.15) is 0 Å². The first-order chi connectivity index (χ1) is 10.1. The number of aryl methyl sites for hydroxylation is 1. The van der Waals surface area contributed by atoms with Crippen LogP contribution in [0.25, 0.3) is 0 Å². The van der Waals surface area contributed by atoms with Crippen molar-refractivity contribution in [3.05, 3.63) is 28.2 Å². The molecule has 1 saturated heterocycles. The lowest BCUT2D eigenvalue weighted by molar-refractivity contribution is -0.130. The monoisotopic (exact) mass is 354 g/mol. The second-order valence-corrected chi connectivity index (χ2v) is 6.49. The molecule has 1 heterocycles. The number of methoxy groups -OCH3 is 1. The van der Waals surface area contributed by atoms with Crippen LogP contribution in [0.2, 0.25) is 0 Å². The summed E-state index contributed by atoms with van der Waals surface area (Å²) in [5.41, 5.74) is 1.62. The third kappa shape index (κ3) is 3.84. The Morgan fingerprint density at radius 2 is 2.14 bits per heavy atom. The molecule has 1 amide bonds. The van der Waals surface area contributed by atoms with Gasteiger partial charge in [0.2, 0.25) is 5.91 Å². The third-order valence-electron chi connectivity index (χ3n) is 4.16. The Kier molecular flexibility index (Phi) is 5.79. The lowest BCUT2D eigenvalue weighted by atomic mass is 9.78. The third-order valence-corrected chi connectivity index (χ3v) is 4.65. The zero-order valence-electron chi connectivity index (χ0n) is 12.7. The van der Waals surface area contributed by atoms with Crippen molar-refractivity contribution in [2.75, 3.05) is 32.1 Å². The van der Waals surface area contributed by atoms with Crippen molar-refractivity contribution in [2.45, 2.75) is 26.2 Å². The van der Waals surface area contributed by atoms with E-state index in [1.54, 1.807) is 7.11 Å². The van der Waals surface area contributed by atoms with E-state index in [0.717, 1.165) is 48.1 Å². The van der Waals surface area contributed by atoms with Gasteiger partial charge in [0.15, 0.2) is 0 Å². The van der Waals surface area contributed by atoms with Crippen molar-refractivity contribution < 1.29 is 9.53 Å². The number of hydrogen-bond acceptors (Lipinski definition) is 3. The smallest absolute Gasteiger partial charge is 0.233 e. The van der Waals surface area contributed by atoms with Crippen LogP contribution in [0.3, 0.4) is 0 Å². The van der Waals surface area contributed by atoms with Crippen LogP contribution in [-0.2, 0) is 16.0 Å². The topological polar surface area (TPSA) is 50.4 Å². The number of hydrogen-bond donors (Lipinski definition) is 2. The first-order valence-electron chi connectivity index (χ1n) is 7.41. The highest BCUT2D eigenvalue weighted by molar-refractivity contribution is 9.10. The van der Waals surface area contributed by atoms with E-state index >= 15 is 0 Å². The second kappa shape index (κ2) is 7.38. The van der Waals surface area contributed by atoms with Crippen molar-refractivity contribution >= 4 is 27.5 Å². The molecule has 0 radical (unpaired) electrons. The van der Waals surface area contributed by atoms with Gasteiger partial charge in [0.05, 0.1) is 12.0 Å². The molecule has 4 nitrogen and oxygen atoms in total. The normalized spacial score (nSPS) is 17.5. The molecule has 0 unspecified atom stereocenters. The zero-order valence-corrected chi connectivity index (χ0v) is 14.3. The van der Waals surface area contributed by atoms with E-state index in [4.69, 9.17) is 4.74 Å². The van der Waals surface area contributed by atoms with Gasteiger partial charge >= 0.3 is 0 Å². The number of carbonyl (C=O) groups is 1. The Labute approximate surface area is 134 Å². The van der Waals surface area contributed by atoms with E-state index in [1.165, 1.54) is 0 Å². The maximum Gasteiger partial charge on any atom is 0.233 e. The first kappa shape index (κ1) is 16.5. The number of amides is 1. The summed E-state index contributed by atoms with van der Waals surface area (Å²) in [4.78, 5) is 12.8. The summed E-state index contributed by atoms with van der Waals surface area (Å²) in [7, 11) is 1.66. The maximum absolute atomic E-state index is 12.8.